The van der Waals surface area contributed by atoms with Crippen LogP contribution < -0.4 is 0 Å². The highest BCUT2D eigenvalue weighted by Crippen LogP contribution is 2.65. The van der Waals surface area contributed by atoms with Gasteiger partial charge in [-0.05, 0) is 32.0 Å². The molecule has 28 heavy (non-hydrogen) atoms. The van der Waals surface area contributed by atoms with E-state index in [1.165, 1.54) is 26.0 Å². The molecule has 0 spiro atoms. The quantitative estimate of drug-likeness (QED) is 0.622. The third-order valence-corrected chi connectivity index (χ3v) is 6.25. The van der Waals surface area contributed by atoms with Crippen molar-refractivity contribution in [2.75, 3.05) is 0 Å². The number of nitriles is 1. The van der Waals surface area contributed by atoms with Crippen LogP contribution in [-0.2, 0) is 22.1 Å². The Morgan fingerprint density at radius 3 is 2.29 bits per heavy atom. The van der Waals surface area contributed by atoms with E-state index in [-0.39, 0.29) is 16.8 Å². The third-order valence-electron chi connectivity index (χ3n) is 5.59. The van der Waals surface area contributed by atoms with Crippen LogP contribution in [0.4, 0.5) is 13.2 Å². The second kappa shape index (κ2) is 5.35. The van der Waals surface area contributed by atoms with E-state index in [2.05, 4.69) is 0 Å². The number of halogens is 4. The van der Waals surface area contributed by atoms with Crippen LogP contribution in [0.1, 0.15) is 36.1 Å². The number of alkyl halides is 4. The fourth-order valence-corrected chi connectivity index (χ4v) is 4.66. The van der Waals surface area contributed by atoms with E-state index in [4.69, 9.17) is 21.6 Å². The fraction of sp³-hybridized carbons (Fsp3) is 0.389. The van der Waals surface area contributed by atoms with Gasteiger partial charge in [-0.25, -0.2) is 0 Å². The normalized spacial score (nSPS) is 31.1. The molecule has 3 heterocycles. The molecule has 148 valence electrons. The zero-order valence-corrected chi connectivity index (χ0v) is 15.3. The lowest BCUT2D eigenvalue weighted by molar-refractivity contribution is -0.137. The summed E-state index contributed by atoms with van der Waals surface area (Å²) in [4.78, 5) is 0. The molecule has 6 nitrogen and oxygen atoms in total. The standard InChI is InChI=1S/C18H14ClF3N2O4/c1-16-10-11(17(2,28-16)13(25)12(16)19)15(27)24(14(10)26)8-4-3-7(6-23)9(5-8)18(20,21)22/h3-5,12-13,25-27H,1-2H3/t12-,13+,16+,17-/m1/s1. The summed E-state index contributed by atoms with van der Waals surface area (Å²) >= 11 is 6.26. The first-order valence-electron chi connectivity index (χ1n) is 8.19. The number of rotatable bonds is 1. The molecule has 2 aliphatic heterocycles. The molecule has 1 aromatic heterocycles. The number of ether oxygens (including phenoxy) is 1. The molecule has 3 N–H and O–H groups in total. The molecule has 2 aromatic rings. The minimum atomic E-state index is -4.81. The van der Waals surface area contributed by atoms with E-state index in [1.807, 2.05) is 0 Å². The SMILES string of the molecule is C[C@]12O[C@](C)(c3c1c(O)n(-c1ccc(C#N)c(C(F)(F)F)c1)c3O)[C@@H](O)[C@H]2Cl. The molecule has 0 unspecified atom stereocenters. The molecule has 4 rings (SSSR count). The second-order valence-corrected chi connectivity index (χ2v) is 7.71. The molecule has 1 fully saturated rings. The summed E-state index contributed by atoms with van der Waals surface area (Å²) in [5.74, 6) is -1.12. The predicted octanol–water partition coefficient (Wildman–Crippen LogP) is 3.22. The summed E-state index contributed by atoms with van der Waals surface area (Å²) < 4.78 is 46.5. The van der Waals surface area contributed by atoms with Gasteiger partial charge in [0.05, 0.1) is 39.4 Å². The lowest BCUT2D eigenvalue weighted by Crippen LogP contribution is -2.41. The molecular formula is C18H14ClF3N2O4. The fourth-order valence-electron chi connectivity index (χ4n) is 4.26. The largest absolute Gasteiger partial charge is 0.494 e. The minimum Gasteiger partial charge on any atom is -0.494 e. The Bertz CT molecular complexity index is 1020. The Kier molecular flexibility index (Phi) is 3.61. The summed E-state index contributed by atoms with van der Waals surface area (Å²) in [6.45, 7) is 3.00. The van der Waals surface area contributed by atoms with Gasteiger partial charge in [0.2, 0.25) is 11.8 Å². The van der Waals surface area contributed by atoms with Gasteiger partial charge in [0.25, 0.3) is 0 Å². The van der Waals surface area contributed by atoms with Gasteiger partial charge in [-0.2, -0.15) is 18.4 Å². The molecular weight excluding hydrogens is 401 g/mol. The number of aliphatic hydroxyl groups is 1. The second-order valence-electron chi connectivity index (χ2n) is 7.23. The van der Waals surface area contributed by atoms with Gasteiger partial charge in [-0.15, -0.1) is 11.6 Å². The van der Waals surface area contributed by atoms with E-state index in [1.54, 1.807) is 0 Å². The third kappa shape index (κ3) is 2.05. The van der Waals surface area contributed by atoms with Crippen molar-refractivity contribution < 1.29 is 33.2 Å². The smallest absolute Gasteiger partial charge is 0.417 e. The molecule has 0 amide bonds. The zero-order valence-electron chi connectivity index (χ0n) is 14.5. The minimum absolute atomic E-state index is 0.0646. The van der Waals surface area contributed by atoms with Gasteiger partial charge in [0.15, 0.2) is 0 Å². The van der Waals surface area contributed by atoms with Gasteiger partial charge in [-0.1, -0.05) is 0 Å². The summed E-state index contributed by atoms with van der Waals surface area (Å²) in [5.41, 5.74) is -4.62. The van der Waals surface area contributed by atoms with Crippen molar-refractivity contribution in [2.45, 2.75) is 42.7 Å². The van der Waals surface area contributed by atoms with Gasteiger partial charge < -0.3 is 20.1 Å². The maximum Gasteiger partial charge on any atom is 0.417 e. The van der Waals surface area contributed by atoms with Crippen LogP contribution in [0, 0.1) is 11.3 Å². The van der Waals surface area contributed by atoms with Gasteiger partial charge in [-0.3, -0.25) is 4.57 Å². The van der Waals surface area contributed by atoms with E-state index in [0.717, 1.165) is 10.6 Å². The number of aromatic nitrogens is 1. The van der Waals surface area contributed by atoms with Crippen molar-refractivity contribution in [1.82, 2.24) is 4.57 Å². The average Bonchev–Trinajstić information content (AvgIpc) is 3.10. The zero-order chi connectivity index (χ0) is 20.8. The summed E-state index contributed by atoms with van der Waals surface area (Å²) in [6.07, 6.45) is -6.01. The van der Waals surface area contributed by atoms with Crippen LogP contribution in [0.2, 0.25) is 0 Å². The van der Waals surface area contributed by atoms with Crippen LogP contribution in [-0.4, -0.2) is 31.4 Å². The van der Waals surface area contributed by atoms with E-state index >= 15 is 0 Å². The lowest BCUT2D eigenvalue weighted by atomic mass is 9.78. The number of aliphatic hydroxyl groups excluding tert-OH is 1. The molecule has 1 aromatic carbocycles. The van der Waals surface area contributed by atoms with E-state index in [9.17, 15) is 28.5 Å². The molecule has 0 saturated carbocycles. The Morgan fingerprint density at radius 2 is 1.75 bits per heavy atom. The number of aromatic hydroxyl groups is 2. The maximum atomic E-state index is 13.3. The van der Waals surface area contributed by atoms with Crippen molar-refractivity contribution in [2.24, 2.45) is 0 Å². The Hall–Kier alpha value is -2.41. The van der Waals surface area contributed by atoms with Crippen LogP contribution in [0.15, 0.2) is 18.2 Å². The molecule has 2 bridgehead atoms. The number of fused-ring (bicyclic) bond motifs is 5. The van der Waals surface area contributed by atoms with Crippen LogP contribution >= 0.6 is 11.6 Å². The van der Waals surface area contributed by atoms with Crippen LogP contribution in [0.3, 0.4) is 0 Å². The molecule has 0 aliphatic carbocycles. The molecule has 0 radical (unpaired) electrons. The lowest BCUT2D eigenvalue weighted by Gasteiger charge is -2.29. The number of benzene rings is 1. The Morgan fingerprint density at radius 1 is 1.18 bits per heavy atom. The molecule has 1 saturated heterocycles. The highest BCUT2D eigenvalue weighted by Gasteiger charge is 2.69. The van der Waals surface area contributed by atoms with Crippen molar-refractivity contribution in [3.63, 3.8) is 0 Å². The number of hydrogen-bond donors (Lipinski definition) is 3. The van der Waals surface area contributed by atoms with E-state index < -0.39 is 51.7 Å². The number of nitrogens with zero attached hydrogens (tertiary/aromatic N) is 2. The topological polar surface area (TPSA) is 98.6 Å². The predicted molar refractivity (Wildman–Crippen MR) is 90.3 cm³/mol. The van der Waals surface area contributed by atoms with Crippen molar-refractivity contribution in [3.05, 3.63) is 40.5 Å². The highest BCUT2D eigenvalue weighted by molar-refractivity contribution is 6.22. The Labute approximate surface area is 162 Å². The summed E-state index contributed by atoms with van der Waals surface area (Å²) in [6, 6.07) is 4.26. The van der Waals surface area contributed by atoms with Crippen LogP contribution in [0.25, 0.3) is 5.69 Å². The van der Waals surface area contributed by atoms with Crippen molar-refractivity contribution >= 4 is 11.6 Å². The van der Waals surface area contributed by atoms with Crippen molar-refractivity contribution in [1.29, 1.82) is 5.26 Å². The molecule has 10 heteroatoms. The molecule has 4 atom stereocenters. The monoisotopic (exact) mass is 414 g/mol. The highest BCUT2D eigenvalue weighted by atomic mass is 35.5. The summed E-state index contributed by atoms with van der Waals surface area (Å²) in [7, 11) is 0. The molecule has 2 aliphatic rings. The maximum absolute atomic E-state index is 13.3. The first-order chi connectivity index (χ1) is 12.9. The van der Waals surface area contributed by atoms with E-state index in [0.29, 0.717) is 6.07 Å². The van der Waals surface area contributed by atoms with Crippen molar-refractivity contribution in [3.8, 4) is 23.5 Å². The van der Waals surface area contributed by atoms with Gasteiger partial charge in [0.1, 0.15) is 17.3 Å². The van der Waals surface area contributed by atoms with Crippen LogP contribution in [0.5, 0.6) is 11.8 Å². The van der Waals surface area contributed by atoms with Gasteiger partial charge in [0, 0.05) is 0 Å². The average molecular weight is 415 g/mol. The first-order valence-corrected chi connectivity index (χ1v) is 8.63. The Balaban J connectivity index is 1.99. The number of hydrogen-bond acceptors (Lipinski definition) is 5. The first kappa shape index (κ1) is 18.9. The summed E-state index contributed by atoms with van der Waals surface area (Å²) in [5, 5.41) is 39.9. The van der Waals surface area contributed by atoms with Gasteiger partial charge >= 0.3 is 6.18 Å².